The normalized spacial score (nSPS) is 18.1. The van der Waals surface area contributed by atoms with Crippen molar-refractivity contribution >= 4 is 5.69 Å². The Kier molecular flexibility index (Phi) is 3.34. The molecule has 22 heavy (non-hydrogen) atoms. The van der Waals surface area contributed by atoms with Crippen LogP contribution >= 0.6 is 0 Å². The van der Waals surface area contributed by atoms with E-state index in [9.17, 15) is 0 Å². The Morgan fingerprint density at radius 1 is 1.09 bits per heavy atom. The standard InChI is InChI=1S/C18H22N4/c1-21(2)14-5-3-13(4-6-14)18-16-11-22(15-7-8-15)10-9-17(16)19-12-20-18/h3-6,12,15H,7-11H2,1-2H3. The van der Waals surface area contributed by atoms with E-state index in [0.29, 0.717) is 0 Å². The molecule has 2 aromatic rings. The Labute approximate surface area is 131 Å². The van der Waals surface area contributed by atoms with E-state index in [0.717, 1.165) is 31.2 Å². The van der Waals surface area contributed by atoms with Gasteiger partial charge in [0.2, 0.25) is 0 Å². The van der Waals surface area contributed by atoms with Crippen LogP contribution in [0.1, 0.15) is 24.1 Å². The molecule has 4 nitrogen and oxygen atoms in total. The Balaban J connectivity index is 1.69. The van der Waals surface area contributed by atoms with E-state index in [4.69, 9.17) is 0 Å². The maximum Gasteiger partial charge on any atom is 0.116 e. The van der Waals surface area contributed by atoms with Gasteiger partial charge < -0.3 is 4.90 Å². The third-order valence-corrected chi connectivity index (χ3v) is 4.75. The second kappa shape index (κ2) is 5.36. The van der Waals surface area contributed by atoms with Crippen molar-refractivity contribution in [2.75, 3.05) is 25.5 Å². The van der Waals surface area contributed by atoms with Gasteiger partial charge in [-0.3, -0.25) is 4.90 Å². The average Bonchev–Trinajstić information content (AvgIpc) is 3.39. The first-order chi connectivity index (χ1) is 10.7. The molecule has 0 spiro atoms. The van der Waals surface area contributed by atoms with Crippen LogP contribution in [0.4, 0.5) is 5.69 Å². The SMILES string of the molecule is CN(C)c1ccc(-c2ncnc3c2CN(C2CC2)CC3)cc1. The zero-order valence-corrected chi connectivity index (χ0v) is 13.3. The van der Waals surface area contributed by atoms with Crippen molar-refractivity contribution in [3.05, 3.63) is 41.9 Å². The van der Waals surface area contributed by atoms with E-state index >= 15 is 0 Å². The van der Waals surface area contributed by atoms with Crippen molar-refractivity contribution in [3.63, 3.8) is 0 Å². The minimum absolute atomic E-state index is 0.803. The lowest BCUT2D eigenvalue weighted by Crippen LogP contribution is -2.33. The molecule has 114 valence electrons. The van der Waals surface area contributed by atoms with Gasteiger partial charge in [0.15, 0.2) is 0 Å². The van der Waals surface area contributed by atoms with Crippen LogP contribution in [0.3, 0.4) is 0 Å². The lowest BCUT2D eigenvalue weighted by atomic mass is 9.99. The summed E-state index contributed by atoms with van der Waals surface area (Å²) in [6, 6.07) is 9.47. The van der Waals surface area contributed by atoms with E-state index in [1.54, 1.807) is 6.33 Å². The van der Waals surface area contributed by atoms with Crippen LogP contribution in [-0.4, -0.2) is 41.5 Å². The molecule has 0 unspecified atom stereocenters. The summed E-state index contributed by atoms with van der Waals surface area (Å²) in [5.41, 5.74) is 6.09. The number of hydrogen-bond donors (Lipinski definition) is 0. The number of anilines is 1. The Bertz CT molecular complexity index is 674. The molecule has 1 aromatic heterocycles. The smallest absolute Gasteiger partial charge is 0.116 e. The van der Waals surface area contributed by atoms with Gasteiger partial charge in [-0.1, -0.05) is 12.1 Å². The first kappa shape index (κ1) is 13.7. The zero-order chi connectivity index (χ0) is 15.1. The Morgan fingerprint density at radius 2 is 1.86 bits per heavy atom. The van der Waals surface area contributed by atoms with E-state index in [1.165, 1.54) is 35.3 Å². The van der Waals surface area contributed by atoms with Crippen LogP contribution in [0.15, 0.2) is 30.6 Å². The molecule has 0 radical (unpaired) electrons. The van der Waals surface area contributed by atoms with Gasteiger partial charge in [-0.05, 0) is 25.0 Å². The highest BCUT2D eigenvalue weighted by Crippen LogP contribution is 2.34. The summed E-state index contributed by atoms with van der Waals surface area (Å²) in [5, 5.41) is 0. The quantitative estimate of drug-likeness (QED) is 0.871. The summed E-state index contributed by atoms with van der Waals surface area (Å²) in [4.78, 5) is 13.8. The molecule has 2 aliphatic rings. The molecule has 2 heterocycles. The monoisotopic (exact) mass is 294 g/mol. The number of benzene rings is 1. The van der Waals surface area contributed by atoms with Gasteiger partial charge in [0, 0.05) is 56.5 Å². The molecule has 1 aliphatic carbocycles. The third-order valence-electron chi connectivity index (χ3n) is 4.75. The second-order valence-corrected chi connectivity index (χ2v) is 6.54. The number of rotatable bonds is 3. The predicted octanol–water partition coefficient (Wildman–Crippen LogP) is 2.73. The molecular formula is C18H22N4. The van der Waals surface area contributed by atoms with Gasteiger partial charge in [-0.25, -0.2) is 9.97 Å². The minimum Gasteiger partial charge on any atom is -0.378 e. The molecular weight excluding hydrogens is 272 g/mol. The van der Waals surface area contributed by atoms with E-state index in [1.807, 2.05) is 0 Å². The second-order valence-electron chi connectivity index (χ2n) is 6.54. The number of aromatic nitrogens is 2. The van der Waals surface area contributed by atoms with Gasteiger partial charge in [-0.15, -0.1) is 0 Å². The predicted molar refractivity (Wildman–Crippen MR) is 88.9 cm³/mol. The van der Waals surface area contributed by atoms with Crippen LogP contribution in [0.5, 0.6) is 0 Å². The lowest BCUT2D eigenvalue weighted by Gasteiger charge is -2.29. The topological polar surface area (TPSA) is 32.3 Å². The number of hydrogen-bond acceptors (Lipinski definition) is 4. The fraction of sp³-hybridized carbons (Fsp3) is 0.444. The van der Waals surface area contributed by atoms with Crippen molar-refractivity contribution in [1.82, 2.24) is 14.9 Å². The summed E-state index contributed by atoms with van der Waals surface area (Å²) in [6.07, 6.45) is 5.49. The zero-order valence-electron chi connectivity index (χ0n) is 13.3. The van der Waals surface area contributed by atoms with Crippen LogP contribution in [-0.2, 0) is 13.0 Å². The van der Waals surface area contributed by atoms with Crippen molar-refractivity contribution in [3.8, 4) is 11.3 Å². The molecule has 1 fully saturated rings. The van der Waals surface area contributed by atoms with Crippen molar-refractivity contribution in [2.45, 2.75) is 31.8 Å². The molecule has 4 rings (SSSR count). The molecule has 0 atom stereocenters. The van der Waals surface area contributed by atoms with Gasteiger partial charge in [0.05, 0.1) is 11.4 Å². The number of fused-ring (bicyclic) bond motifs is 1. The first-order valence-corrected chi connectivity index (χ1v) is 8.07. The maximum absolute atomic E-state index is 4.60. The Hall–Kier alpha value is -1.94. The molecule has 1 aliphatic heterocycles. The summed E-state index contributed by atoms with van der Waals surface area (Å²) in [5.74, 6) is 0. The summed E-state index contributed by atoms with van der Waals surface area (Å²) >= 11 is 0. The summed E-state index contributed by atoms with van der Waals surface area (Å²) in [6.45, 7) is 2.15. The summed E-state index contributed by atoms with van der Waals surface area (Å²) in [7, 11) is 4.13. The van der Waals surface area contributed by atoms with Gasteiger partial charge >= 0.3 is 0 Å². The van der Waals surface area contributed by atoms with Gasteiger partial charge in [0.1, 0.15) is 6.33 Å². The van der Waals surface area contributed by atoms with Crippen LogP contribution in [0.2, 0.25) is 0 Å². The highest BCUT2D eigenvalue weighted by Gasteiger charge is 2.32. The lowest BCUT2D eigenvalue weighted by molar-refractivity contribution is 0.241. The van der Waals surface area contributed by atoms with E-state index < -0.39 is 0 Å². The third kappa shape index (κ3) is 2.48. The van der Waals surface area contributed by atoms with Gasteiger partial charge in [-0.2, -0.15) is 0 Å². The van der Waals surface area contributed by atoms with Crippen LogP contribution in [0.25, 0.3) is 11.3 Å². The van der Waals surface area contributed by atoms with Gasteiger partial charge in [0.25, 0.3) is 0 Å². The highest BCUT2D eigenvalue weighted by molar-refractivity contribution is 5.66. The highest BCUT2D eigenvalue weighted by atomic mass is 15.2. The molecule has 1 aromatic carbocycles. The Morgan fingerprint density at radius 3 is 2.55 bits per heavy atom. The van der Waals surface area contributed by atoms with E-state index in [2.05, 4.69) is 58.1 Å². The van der Waals surface area contributed by atoms with Crippen molar-refractivity contribution < 1.29 is 0 Å². The fourth-order valence-electron chi connectivity index (χ4n) is 3.28. The van der Waals surface area contributed by atoms with Crippen LogP contribution in [0, 0.1) is 0 Å². The fourth-order valence-corrected chi connectivity index (χ4v) is 3.28. The molecule has 4 heteroatoms. The number of nitrogens with zero attached hydrogens (tertiary/aromatic N) is 4. The summed E-state index contributed by atoms with van der Waals surface area (Å²) < 4.78 is 0. The maximum atomic E-state index is 4.60. The van der Waals surface area contributed by atoms with Crippen molar-refractivity contribution in [1.29, 1.82) is 0 Å². The molecule has 0 amide bonds. The molecule has 0 saturated heterocycles. The molecule has 0 N–H and O–H groups in total. The van der Waals surface area contributed by atoms with Crippen LogP contribution < -0.4 is 4.90 Å². The molecule has 1 saturated carbocycles. The molecule has 0 bridgehead atoms. The largest absolute Gasteiger partial charge is 0.378 e. The van der Waals surface area contributed by atoms with Crippen molar-refractivity contribution in [2.24, 2.45) is 0 Å². The van der Waals surface area contributed by atoms with E-state index in [-0.39, 0.29) is 0 Å². The first-order valence-electron chi connectivity index (χ1n) is 8.07. The average molecular weight is 294 g/mol. The minimum atomic E-state index is 0.803.